The molecule has 0 N–H and O–H groups in total. The fourth-order valence-corrected chi connectivity index (χ4v) is 1.88. The second-order valence-electron chi connectivity index (χ2n) is 4.34. The number of hydrogen-bond donors (Lipinski definition) is 0. The maximum Gasteiger partial charge on any atom is 0.428 e. The Balaban J connectivity index is 2.06. The normalized spacial score (nSPS) is 14.8. The third kappa shape index (κ3) is 2.86. The highest BCUT2D eigenvalue weighted by molar-refractivity contribution is 5.93. The van der Waals surface area contributed by atoms with E-state index >= 15 is 0 Å². The molecular weight excluding hydrogens is 250 g/mol. The molecule has 0 radical (unpaired) electrons. The summed E-state index contributed by atoms with van der Waals surface area (Å²) in [6.07, 6.45) is 0.979. The van der Waals surface area contributed by atoms with Crippen molar-refractivity contribution in [3.05, 3.63) is 17.5 Å². The van der Waals surface area contributed by atoms with Crippen molar-refractivity contribution in [3.8, 4) is 0 Å². The molecule has 1 saturated heterocycles. The van der Waals surface area contributed by atoms with Crippen LogP contribution in [0.15, 0.2) is 10.6 Å². The summed E-state index contributed by atoms with van der Waals surface area (Å²) in [5, 5.41) is 6.35. The molecule has 1 aliphatic heterocycles. The molecule has 0 spiro atoms. The minimum Gasteiger partial charge on any atom is -0.448 e. The Morgan fingerprint density at radius 1 is 1.42 bits per heavy atom. The van der Waals surface area contributed by atoms with Crippen molar-refractivity contribution in [2.75, 3.05) is 19.7 Å². The fourth-order valence-electron chi connectivity index (χ4n) is 1.88. The van der Waals surface area contributed by atoms with E-state index in [9.17, 15) is 9.59 Å². The third-order valence-electron chi connectivity index (χ3n) is 2.75. The first kappa shape index (κ1) is 13.4. The fraction of sp³-hybridized carbons (Fsp3) is 0.583. The molecule has 2 amide bonds. The molecular formula is C12H17N3O4. The molecule has 1 aromatic rings. The molecule has 19 heavy (non-hydrogen) atoms. The van der Waals surface area contributed by atoms with Gasteiger partial charge in [0.2, 0.25) is 0 Å². The van der Waals surface area contributed by atoms with Gasteiger partial charge in [0.05, 0.1) is 6.61 Å². The third-order valence-corrected chi connectivity index (χ3v) is 2.75. The summed E-state index contributed by atoms with van der Waals surface area (Å²) < 4.78 is 9.92. The van der Waals surface area contributed by atoms with Gasteiger partial charge in [-0.05, 0) is 19.8 Å². The van der Waals surface area contributed by atoms with E-state index < -0.39 is 6.09 Å². The molecule has 1 aromatic heterocycles. The summed E-state index contributed by atoms with van der Waals surface area (Å²) >= 11 is 0. The summed E-state index contributed by atoms with van der Waals surface area (Å²) in [5.74, 6) is 0.213. The molecule has 7 nitrogen and oxygen atoms in total. The van der Waals surface area contributed by atoms with Gasteiger partial charge in [-0.15, -0.1) is 0 Å². The predicted octanol–water partition coefficient (Wildman–Crippen LogP) is 1.59. The second kappa shape index (κ2) is 5.73. The number of hydrazine groups is 1. The van der Waals surface area contributed by atoms with Crippen LogP contribution in [0.4, 0.5) is 4.79 Å². The van der Waals surface area contributed by atoms with E-state index in [1.165, 1.54) is 10.0 Å². The summed E-state index contributed by atoms with van der Waals surface area (Å²) in [5.41, 5.74) is 0.202. The molecule has 0 aliphatic carbocycles. The average Bonchev–Trinajstić information content (AvgIpc) is 3.03. The second-order valence-corrected chi connectivity index (χ2v) is 4.34. The maximum absolute atomic E-state index is 12.2. The van der Waals surface area contributed by atoms with Gasteiger partial charge in [-0.25, -0.2) is 14.8 Å². The maximum atomic E-state index is 12.2. The van der Waals surface area contributed by atoms with Gasteiger partial charge in [-0.1, -0.05) is 12.1 Å². The Morgan fingerprint density at radius 3 is 2.79 bits per heavy atom. The van der Waals surface area contributed by atoms with Crippen LogP contribution < -0.4 is 0 Å². The molecule has 2 rings (SSSR count). The summed E-state index contributed by atoms with van der Waals surface area (Å²) in [4.78, 5) is 24.0. The summed E-state index contributed by atoms with van der Waals surface area (Å²) in [7, 11) is 0. The molecule has 7 heteroatoms. The lowest BCUT2D eigenvalue weighted by Crippen LogP contribution is -2.45. The Labute approximate surface area is 111 Å². The summed E-state index contributed by atoms with van der Waals surface area (Å²) in [6, 6.07) is 1.55. The number of nitrogens with zero attached hydrogens (tertiary/aromatic N) is 3. The minimum absolute atomic E-state index is 0.202. The molecule has 0 bridgehead atoms. The van der Waals surface area contributed by atoms with Crippen LogP contribution in [0, 0.1) is 6.92 Å². The zero-order valence-electron chi connectivity index (χ0n) is 11.1. The van der Waals surface area contributed by atoms with E-state index in [4.69, 9.17) is 9.26 Å². The largest absolute Gasteiger partial charge is 0.448 e. The van der Waals surface area contributed by atoms with Crippen molar-refractivity contribution < 1.29 is 18.8 Å². The predicted molar refractivity (Wildman–Crippen MR) is 65.2 cm³/mol. The molecule has 1 fully saturated rings. The highest BCUT2D eigenvalue weighted by atomic mass is 16.6. The molecule has 0 atom stereocenters. The zero-order chi connectivity index (χ0) is 13.8. The molecule has 0 aromatic carbocycles. The SMILES string of the molecule is CCCOC(=O)N1CCCN1C(=O)c1cc(C)on1. The zero-order valence-corrected chi connectivity index (χ0v) is 11.1. The first-order valence-corrected chi connectivity index (χ1v) is 6.33. The van der Waals surface area contributed by atoms with Crippen LogP contribution in [0.5, 0.6) is 0 Å². The Bertz CT molecular complexity index is 471. The van der Waals surface area contributed by atoms with Gasteiger partial charge >= 0.3 is 6.09 Å². The number of carbonyl (C=O) groups is 2. The first-order valence-electron chi connectivity index (χ1n) is 6.33. The van der Waals surface area contributed by atoms with E-state index in [1.807, 2.05) is 6.92 Å². The number of aromatic nitrogens is 1. The standard InChI is InChI=1S/C12H17N3O4/c1-3-7-18-12(17)15-6-4-5-14(15)11(16)10-8-9(2)19-13-10/h8H,3-7H2,1-2H3. The number of ether oxygens (including phenoxy) is 1. The Morgan fingerprint density at radius 2 is 2.16 bits per heavy atom. The molecule has 1 aliphatic rings. The number of amides is 2. The van der Waals surface area contributed by atoms with Crippen molar-refractivity contribution >= 4 is 12.0 Å². The number of carbonyl (C=O) groups excluding carboxylic acids is 2. The molecule has 2 heterocycles. The van der Waals surface area contributed by atoms with Gasteiger partial charge in [-0.2, -0.15) is 0 Å². The Hall–Kier alpha value is -2.05. The highest BCUT2D eigenvalue weighted by Gasteiger charge is 2.33. The molecule has 104 valence electrons. The number of rotatable bonds is 3. The van der Waals surface area contributed by atoms with Crippen LogP contribution in [-0.2, 0) is 4.74 Å². The summed E-state index contributed by atoms with van der Waals surface area (Å²) in [6.45, 7) is 4.93. The molecule has 0 unspecified atom stereocenters. The smallest absolute Gasteiger partial charge is 0.428 e. The van der Waals surface area contributed by atoms with E-state index in [2.05, 4.69) is 5.16 Å². The quantitative estimate of drug-likeness (QED) is 0.831. The topological polar surface area (TPSA) is 75.9 Å². The van der Waals surface area contributed by atoms with Gasteiger partial charge in [-0.3, -0.25) is 4.79 Å². The number of aryl methyl sites for hydroxylation is 1. The highest BCUT2D eigenvalue weighted by Crippen LogP contribution is 2.16. The monoisotopic (exact) mass is 267 g/mol. The van der Waals surface area contributed by atoms with Gasteiger partial charge in [0.15, 0.2) is 5.69 Å². The average molecular weight is 267 g/mol. The van der Waals surface area contributed by atoms with Gasteiger partial charge in [0, 0.05) is 19.2 Å². The minimum atomic E-state index is -0.493. The van der Waals surface area contributed by atoms with Crippen molar-refractivity contribution in [1.29, 1.82) is 0 Å². The lowest BCUT2D eigenvalue weighted by molar-refractivity contribution is 0.0126. The van der Waals surface area contributed by atoms with Crippen LogP contribution in [0.1, 0.15) is 36.0 Å². The van der Waals surface area contributed by atoms with Crippen molar-refractivity contribution in [1.82, 2.24) is 15.2 Å². The van der Waals surface area contributed by atoms with E-state index in [0.29, 0.717) is 25.5 Å². The molecule has 0 saturated carbocycles. The van der Waals surface area contributed by atoms with Crippen LogP contribution >= 0.6 is 0 Å². The van der Waals surface area contributed by atoms with Crippen LogP contribution in [0.3, 0.4) is 0 Å². The van der Waals surface area contributed by atoms with Crippen LogP contribution in [0.2, 0.25) is 0 Å². The lowest BCUT2D eigenvalue weighted by Gasteiger charge is -2.26. The van der Waals surface area contributed by atoms with E-state index in [1.54, 1.807) is 13.0 Å². The van der Waals surface area contributed by atoms with Crippen molar-refractivity contribution in [2.45, 2.75) is 26.7 Å². The van der Waals surface area contributed by atoms with Crippen LogP contribution in [-0.4, -0.2) is 46.9 Å². The van der Waals surface area contributed by atoms with Crippen molar-refractivity contribution in [2.24, 2.45) is 0 Å². The van der Waals surface area contributed by atoms with Crippen molar-refractivity contribution in [3.63, 3.8) is 0 Å². The van der Waals surface area contributed by atoms with Gasteiger partial charge < -0.3 is 9.26 Å². The first-order chi connectivity index (χ1) is 9.13. The lowest BCUT2D eigenvalue weighted by atomic mass is 10.3. The van der Waals surface area contributed by atoms with E-state index in [0.717, 1.165) is 12.8 Å². The van der Waals surface area contributed by atoms with Crippen LogP contribution in [0.25, 0.3) is 0 Å². The van der Waals surface area contributed by atoms with Gasteiger partial charge in [0.1, 0.15) is 5.76 Å². The van der Waals surface area contributed by atoms with E-state index in [-0.39, 0.29) is 11.6 Å². The Kier molecular flexibility index (Phi) is 4.03. The number of hydrogen-bond acceptors (Lipinski definition) is 5. The van der Waals surface area contributed by atoms with Gasteiger partial charge in [0.25, 0.3) is 5.91 Å².